The molecule has 1 aliphatic heterocycles. The van der Waals surface area contributed by atoms with Crippen LogP contribution in [0.3, 0.4) is 0 Å². The fourth-order valence-corrected chi connectivity index (χ4v) is 2.77. The van der Waals surface area contributed by atoms with Gasteiger partial charge in [0.25, 0.3) is 0 Å². The van der Waals surface area contributed by atoms with Gasteiger partial charge >= 0.3 is 0 Å². The number of hydrogen-bond acceptors (Lipinski definition) is 4. The van der Waals surface area contributed by atoms with Crippen LogP contribution in [0.2, 0.25) is 0 Å². The van der Waals surface area contributed by atoms with Crippen LogP contribution in [0.1, 0.15) is 24.1 Å². The molecule has 1 saturated heterocycles. The molecule has 0 aromatic carbocycles. The summed E-state index contributed by atoms with van der Waals surface area (Å²) in [7, 11) is 1.77. The van der Waals surface area contributed by atoms with Crippen LogP contribution in [-0.4, -0.2) is 36.1 Å². The van der Waals surface area contributed by atoms with Crippen molar-refractivity contribution < 1.29 is 0 Å². The molecule has 0 aliphatic carbocycles. The fraction of sp³-hybridized carbons (Fsp3) is 0.389. The zero-order valence-electron chi connectivity index (χ0n) is 14.5. The second-order valence-corrected chi connectivity index (χ2v) is 5.82. The normalized spacial score (nSPS) is 14.1. The van der Waals surface area contributed by atoms with Gasteiger partial charge in [-0.05, 0) is 42.7 Å². The molecule has 3 heterocycles. The van der Waals surface area contributed by atoms with E-state index >= 15 is 0 Å². The lowest BCUT2D eigenvalue weighted by Gasteiger charge is -2.17. The highest BCUT2D eigenvalue weighted by atomic mass is 127. The third-order valence-electron chi connectivity index (χ3n) is 4.09. The average Bonchev–Trinajstić information content (AvgIpc) is 3.18. The summed E-state index contributed by atoms with van der Waals surface area (Å²) in [5.74, 6) is 1.84. The van der Waals surface area contributed by atoms with E-state index in [0.29, 0.717) is 13.1 Å². The Morgan fingerprint density at radius 1 is 1.08 bits per heavy atom. The lowest BCUT2D eigenvalue weighted by molar-refractivity contribution is 0.792. The van der Waals surface area contributed by atoms with Gasteiger partial charge in [-0.15, -0.1) is 24.0 Å². The Labute approximate surface area is 166 Å². The predicted octanol–water partition coefficient (Wildman–Crippen LogP) is 2.56. The summed E-state index contributed by atoms with van der Waals surface area (Å²) in [6, 6.07) is 10.1. The molecule has 134 valence electrons. The zero-order valence-corrected chi connectivity index (χ0v) is 16.8. The topological polar surface area (TPSA) is 65.4 Å². The molecule has 0 bridgehead atoms. The van der Waals surface area contributed by atoms with Gasteiger partial charge in [0, 0.05) is 39.1 Å². The number of pyridine rings is 2. The first-order chi connectivity index (χ1) is 11.8. The van der Waals surface area contributed by atoms with Gasteiger partial charge < -0.3 is 15.5 Å². The number of guanidine groups is 1. The number of anilines is 1. The first kappa shape index (κ1) is 19.4. The molecule has 0 unspecified atom stereocenters. The molecule has 0 saturated carbocycles. The summed E-state index contributed by atoms with van der Waals surface area (Å²) >= 11 is 0. The Bertz CT molecular complexity index is 670. The fourth-order valence-electron chi connectivity index (χ4n) is 2.77. The van der Waals surface area contributed by atoms with E-state index < -0.39 is 0 Å². The summed E-state index contributed by atoms with van der Waals surface area (Å²) in [6.07, 6.45) is 6.20. The van der Waals surface area contributed by atoms with E-state index in [0.717, 1.165) is 30.6 Å². The molecule has 6 nitrogen and oxygen atoms in total. The van der Waals surface area contributed by atoms with Crippen molar-refractivity contribution in [2.24, 2.45) is 4.99 Å². The summed E-state index contributed by atoms with van der Waals surface area (Å²) in [5.41, 5.74) is 2.19. The van der Waals surface area contributed by atoms with Gasteiger partial charge in [0.15, 0.2) is 5.96 Å². The molecule has 0 amide bonds. The number of rotatable bonds is 5. The summed E-state index contributed by atoms with van der Waals surface area (Å²) < 4.78 is 0. The maximum atomic E-state index is 4.49. The first-order valence-electron chi connectivity index (χ1n) is 8.39. The molecule has 0 radical (unpaired) electrons. The Balaban J connectivity index is 0.00000225. The molecule has 1 fully saturated rings. The molecular formula is C18H25IN6. The number of nitrogens with zero attached hydrogens (tertiary/aromatic N) is 4. The molecule has 3 rings (SSSR count). The molecule has 7 heteroatoms. The van der Waals surface area contributed by atoms with Crippen LogP contribution < -0.4 is 15.5 Å². The number of hydrogen-bond donors (Lipinski definition) is 2. The smallest absolute Gasteiger partial charge is 0.191 e. The minimum atomic E-state index is 0. The Kier molecular flexibility index (Phi) is 7.90. The Morgan fingerprint density at radius 3 is 2.60 bits per heavy atom. The lowest BCUT2D eigenvalue weighted by atomic mass is 10.2. The highest BCUT2D eigenvalue weighted by molar-refractivity contribution is 14.0. The molecule has 2 aromatic rings. The van der Waals surface area contributed by atoms with Crippen molar-refractivity contribution in [2.45, 2.75) is 25.9 Å². The minimum absolute atomic E-state index is 0. The Hall–Kier alpha value is -1.90. The molecular weight excluding hydrogens is 427 g/mol. The SMILES string of the molecule is CN=C(NCc1ccnc(N2CCCC2)c1)NCc1ccccn1.I. The van der Waals surface area contributed by atoms with Crippen LogP contribution in [0, 0.1) is 0 Å². The van der Waals surface area contributed by atoms with Crippen molar-refractivity contribution in [2.75, 3.05) is 25.0 Å². The minimum Gasteiger partial charge on any atom is -0.357 e. The van der Waals surface area contributed by atoms with Gasteiger partial charge in [-0.1, -0.05) is 6.07 Å². The van der Waals surface area contributed by atoms with E-state index in [4.69, 9.17) is 0 Å². The summed E-state index contributed by atoms with van der Waals surface area (Å²) in [6.45, 7) is 3.58. The first-order valence-corrected chi connectivity index (χ1v) is 8.39. The molecule has 0 atom stereocenters. The van der Waals surface area contributed by atoms with Crippen LogP contribution in [0.4, 0.5) is 5.82 Å². The van der Waals surface area contributed by atoms with Gasteiger partial charge in [-0.2, -0.15) is 0 Å². The van der Waals surface area contributed by atoms with Crippen molar-refractivity contribution >= 4 is 35.8 Å². The highest BCUT2D eigenvalue weighted by Gasteiger charge is 2.13. The van der Waals surface area contributed by atoms with Crippen LogP contribution >= 0.6 is 24.0 Å². The van der Waals surface area contributed by atoms with Crippen LogP contribution in [-0.2, 0) is 13.1 Å². The van der Waals surface area contributed by atoms with Crippen molar-refractivity contribution in [3.05, 3.63) is 54.0 Å². The van der Waals surface area contributed by atoms with Crippen LogP contribution in [0.25, 0.3) is 0 Å². The van der Waals surface area contributed by atoms with E-state index in [-0.39, 0.29) is 24.0 Å². The van der Waals surface area contributed by atoms with E-state index in [1.54, 1.807) is 13.2 Å². The number of aliphatic imine (C=N–C) groups is 1. The molecule has 1 aliphatic rings. The molecule has 2 aromatic heterocycles. The number of halogens is 1. The van der Waals surface area contributed by atoms with Crippen LogP contribution in [0.15, 0.2) is 47.7 Å². The number of aromatic nitrogens is 2. The lowest BCUT2D eigenvalue weighted by Crippen LogP contribution is -2.36. The zero-order chi connectivity index (χ0) is 16.6. The highest BCUT2D eigenvalue weighted by Crippen LogP contribution is 2.18. The molecule has 0 spiro atoms. The number of nitrogens with one attached hydrogen (secondary N) is 2. The third-order valence-corrected chi connectivity index (χ3v) is 4.09. The van der Waals surface area contributed by atoms with Crippen LogP contribution in [0.5, 0.6) is 0 Å². The van der Waals surface area contributed by atoms with Gasteiger partial charge in [0.1, 0.15) is 5.82 Å². The van der Waals surface area contributed by atoms with Crippen molar-refractivity contribution in [1.29, 1.82) is 0 Å². The second kappa shape index (κ2) is 10.2. The van der Waals surface area contributed by atoms with Crippen molar-refractivity contribution in [3.8, 4) is 0 Å². The standard InChI is InChI=1S/C18H24N6.HI/c1-19-18(23-14-16-6-2-3-8-20-16)22-13-15-7-9-21-17(12-15)24-10-4-5-11-24;/h2-3,6-9,12H,4-5,10-11,13-14H2,1H3,(H2,19,22,23);1H. The largest absolute Gasteiger partial charge is 0.357 e. The van der Waals surface area contributed by atoms with Crippen molar-refractivity contribution in [1.82, 2.24) is 20.6 Å². The summed E-state index contributed by atoms with van der Waals surface area (Å²) in [4.78, 5) is 15.4. The van der Waals surface area contributed by atoms with Gasteiger partial charge in [0.2, 0.25) is 0 Å². The molecule has 2 N–H and O–H groups in total. The summed E-state index contributed by atoms with van der Waals surface area (Å²) in [5, 5.41) is 6.61. The van der Waals surface area contributed by atoms with E-state index in [2.05, 4.69) is 36.6 Å². The second-order valence-electron chi connectivity index (χ2n) is 5.82. The van der Waals surface area contributed by atoms with E-state index in [9.17, 15) is 0 Å². The van der Waals surface area contributed by atoms with Gasteiger partial charge in [0.05, 0.1) is 12.2 Å². The Morgan fingerprint density at radius 2 is 1.88 bits per heavy atom. The van der Waals surface area contributed by atoms with Gasteiger partial charge in [-0.25, -0.2) is 4.98 Å². The maximum Gasteiger partial charge on any atom is 0.191 e. The van der Waals surface area contributed by atoms with E-state index in [1.807, 2.05) is 30.5 Å². The molecule has 25 heavy (non-hydrogen) atoms. The van der Waals surface area contributed by atoms with E-state index in [1.165, 1.54) is 18.4 Å². The van der Waals surface area contributed by atoms with Gasteiger partial charge in [-0.3, -0.25) is 9.98 Å². The average molecular weight is 452 g/mol. The third kappa shape index (κ3) is 5.84. The quantitative estimate of drug-likeness (QED) is 0.415. The predicted molar refractivity (Wildman–Crippen MR) is 112 cm³/mol. The monoisotopic (exact) mass is 452 g/mol. The maximum absolute atomic E-state index is 4.49. The van der Waals surface area contributed by atoms with Crippen molar-refractivity contribution in [3.63, 3.8) is 0 Å².